The van der Waals surface area contributed by atoms with Crippen LogP contribution in [0.5, 0.6) is 0 Å². The average Bonchev–Trinajstić information content (AvgIpc) is 2.86. The van der Waals surface area contributed by atoms with Gasteiger partial charge in [-0.15, -0.1) is 0 Å². The summed E-state index contributed by atoms with van der Waals surface area (Å²) in [5, 5.41) is 0. The molecule has 1 aliphatic heterocycles. The lowest BCUT2D eigenvalue weighted by Gasteiger charge is -2.28. The molecule has 2 heteroatoms. The number of carbonyl (C=O) groups excluding carboxylic acids is 1. The van der Waals surface area contributed by atoms with Gasteiger partial charge >= 0.3 is 0 Å². The molecule has 0 unspecified atom stereocenters. The summed E-state index contributed by atoms with van der Waals surface area (Å²) in [6, 6.07) is 14.9. The summed E-state index contributed by atoms with van der Waals surface area (Å²) in [4.78, 5) is 14.2. The highest BCUT2D eigenvalue weighted by molar-refractivity contribution is 5.97. The number of piperidine rings is 1. The number of rotatable bonds is 1. The Morgan fingerprint density at radius 2 is 1.75 bits per heavy atom. The van der Waals surface area contributed by atoms with Crippen LogP contribution in [0.15, 0.2) is 42.5 Å². The second kappa shape index (κ2) is 4.48. The first kappa shape index (κ1) is 11.7. The van der Waals surface area contributed by atoms with Crippen LogP contribution in [-0.2, 0) is 11.2 Å². The zero-order valence-corrected chi connectivity index (χ0v) is 11.4. The van der Waals surface area contributed by atoms with Gasteiger partial charge in [0.25, 0.3) is 0 Å². The lowest BCUT2D eigenvalue weighted by Crippen LogP contribution is -2.35. The van der Waals surface area contributed by atoms with E-state index in [1.165, 1.54) is 22.3 Å². The van der Waals surface area contributed by atoms with E-state index in [-0.39, 0.29) is 5.91 Å². The molecule has 4 rings (SSSR count). The van der Waals surface area contributed by atoms with Crippen LogP contribution < -0.4 is 4.90 Å². The Kier molecular flexibility index (Phi) is 2.62. The maximum absolute atomic E-state index is 12.2. The van der Waals surface area contributed by atoms with Gasteiger partial charge in [0, 0.05) is 25.1 Å². The van der Waals surface area contributed by atoms with Crippen molar-refractivity contribution < 1.29 is 4.79 Å². The number of benzene rings is 2. The third-order valence-electron chi connectivity index (χ3n) is 4.44. The summed E-state index contributed by atoms with van der Waals surface area (Å²) in [5.74, 6) is 0.278. The number of hydrogen-bond acceptors (Lipinski definition) is 1. The number of anilines is 1. The van der Waals surface area contributed by atoms with Gasteiger partial charge in [-0.05, 0) is 41.2 Å². The third-order valence-corrected chi connectivity index (χ3v) is 4.44. The molecule has 1 heterocycles. The predicted octanol–water partition coefficient (Wildman–Crippen LogP) is 3.77. The zero-order valence-electron chi connectivity index (χ0n) is 11.4. The van der Waals surface area contributed by atoms with Crippen LogP contribution in [0, 0.1) is 0 Å². The highest BCUT2D eigenvalue weighted by atomic mass is 16.2. The van der Waals surface area contributed by atoms with E-state index >= 15 is 0 Å². The van der Waals surface area contributed by atoms with E-state index in [1.807, 2.05) is 4.90 Å². The minimum atomic E-state index is 0.278. The van der Waals surface area contributed by atoms with Gasteiger partial charge < -0.3 is 4.90 Å². The number of fused-ring (bicyclic) bond motifs is 3. The molecule has 0 radical (unpaired) electrons. The monoisotopic (exact) mass is 263 g/mol. The van der Waals surface area contributed by atoms with E-state index in [0.29, 0.717) is 6.42 Å². The summed E-state index contributed by atoms with van der Waals surface area (Å²) >= 11 is 0. The fourth-order valence-electron chi connectivity index (χ4n) is 3.45. The van der Waals surface area contributed by atoms with Crippen molar-refractivity contribution in [2.24, 2.45) is 0 Å². The van der Waals surface area contributed by atoms with Crippen molar-refractivity contribution in [3.05, 3.63) is 53.6 Å². The molecule has 1 amide bonds. The summed E-state index contributed by atoms with van der Waals surface area (Å²) in [7, 11) is 0. The van der Waals surface area contributed by atoms with Crippen molar-refractivity contribution in [1.29, 1.82) is 0 Å². The normalized spacial score (nSPS) is 17.0. The molecule has 20 heavy (non-hydrogen) atoms. The van der Waals surface area contributed by atoms with Crippen molar-refractivity contribution in [2.45, 2.75) is 25.7 Å². The zero-order chi connectivity index (χ0) is 13.5. The van der Waals surface area contributed by atoms with E-state index in [2.05, 4.69) is 42.5 Å². The summed E-state index contributed by atoms with van der Waals surface area (Å²) in [6.45, 7) is 0.867. The molecule has 2 aliphatic rings. The van der Waals surface area contributed by atoms with Gasteiger partial charge in [-0.2, -0.15) is 0 Å². The molecule has 0 spiro atoms. The molecule has 0 saturated carbocycles. The Labute approximate surface area is 119 Å². The van der Waals surface area contributed by atoms with E-state index in [9.17, 15) is 4.79 Å². The van der Waals surface area contributed by atoms with E-state index in [0.717, 1.165) is 31.5 Å². The van der Waals surface area contributed by atoms with Crippen molar-refractivity contribution in [1.82, 2.24) is 0 Å². The lowest BCUT2D eigenvalue weighted by atomic mass is 10.0. The molecule has 2 aromatic rings. The largest absolute Gasteiger partial charge is 0.312 e. The fourth-order valence-corrected chi connectivity index (χ4v) is 3.45. The predicted molar refractivity (Wildman–Crippen MR) is 80.9 cm³/mol. The standard InChI is InChI=1S/C18H17NO/c20-18-10-3-4-11-19(18)17-9-5-8-15-14-7-2-1-6-13(14)12-16(15)17/h1-2,5-9H,3-4,10-12H2. The molecule has 100 valence electrons. The number of nitrogens with zero attached hydrogens (tertiary/aromatic N) is 1. The van der Waals surface area contributed by atoms with Crippen LogP contribution in [0.2, 0.25) is 0 Å². The van der Waals surface area contributed by atoms with Crippen molar-refractivity contribution >= 4 is 11.6 Å². The van der Waals surface area contributed by atoms with Crippen LogP contribution in [0.1, 0.15) is 30.4 Å². The number of amides is 1. The molecular formula is C18H17NO. The molecule has 2 aromatic carbocycles. The second-order valence-electron chi connectivity index (χ2n) is 5.64. The topological polar surface area (TPSA) is 20.3 Å². The van der Waals surface area contributed by atoms with Crippen molar-refractivity contribution in [3.63, 3.8) is 0 Å². The minimum absolute atomic E-state index is 0.278. The fraction of sp³-hybridized carbons (Fsp3) is 0.278. The molecular weight excluding hydrogens is 246 g/mol. The summed E-state index contributed by atoms with van der Waals surface area (Å²) < 4.78 is 0. The highest BCUT2D eigenvalue weighted by Crippen LogP contribution is 2.41. The van der Waals surface area contributed by atoms with Gasteiger partial charge in [-0.1, -0.05) is 36.4 Å². The first-order chi connectivity index (χ1) is 9.84. The van der Waals surface area contributed by atoms with Crippen LogP contribution >= 0.6 is 0 Å². The van der Waals surface area contributed by atoms with Crippen molar-refractivity contribution in [3.8, 4) is 11.1 Å². The average molecular weight is 263 g/mol. The van der Waals surface area contributed by atoms with Crippen LogP contribution in [0.25, 0.3) is 11.1 Å². The number of carbonyl (C=O) groups is 1. The third kappa shape index (κ3) is 1.68. The molecule has 1 saturated heterocycles. The Balaban J connectivity index is 1.83. The number of hydrogen-bond donors (Lipinski definition) is 0. The van der Waals surface area contributed by atoms with E-state index < -0.39 is 0 Å². The Morgan fingerprint density at radius 1 is 0.900 bits per heavy atom. The van der Waals surface area contributed by atoms with Crippen LogP contribution in [-0.4, -0.2) is 12.5 Å². The SMILES string of the molecule is O=C1CCCCN1c1cccc2c1Cc1ccccc1-2. The van der Waals surface area contributed by atoms with Gasteiger partial charge in [0.05, 0.1) is 0 Å². The summed E-state index contributed by atoms with van der Waals surface area (Å²) in [6.07, 6.45) is 3.79. The molecule has 0 aromatic heterocycles. The van der Waals surface area contributed by atoms with E-state index in [1.54, 1.807) is 0 Å². The van der Waals surface area contributed by atoms with Crippen molar-refractivity contribution in [2.75, 3.05) is 11.4 Å². The van der Waals surface area contributed by atoms with Gasteiger partial charge in [0.15, 0.2) is 0 Å². The molecule has 2 nitrogen and oxygen atoms in total. The Morgan fingerprint density at radius 3 is 2.65 bits per heavy atom. The molecule has 1 fully saturated rings. The first-order valence-corrected chi connectivity index (χ1v) is 7.35. The van der Waals surface area contributed by atoms with Gasteiger partial charge in [0.2, 0.25) is 5.91 Å². The van der Waals surface area contributed by atoms with Crippen LogP contribution in [0.4, 0.5) is 5.69 Å². The second-order valence-corrected chi connectivity index (χ2v) is 5.64. The molecule has 1 aliphatic carbocycles. The molecule has 0 bridgehead atoms. The Hall–Kier alpha value is -2.09. The molecule has 0 N–H and O–H groups in total. The van der Waals surface area contributed by atoms with E-state index in [4.69, 9.17) is 0 Å². The lowest BCUT2D eigenvalue weighted by molar-refractivity contribution is -0.119. The highest BCUT2D eigenvalue weighted by Gasteiger charge is 2.26. The maximum Gasteiger partial charge on any atom is 0.226 e. The van der Waals surface area contributed by atoms with Gasteiger partial charge in [0.1, 0.15) is 0 Å². The summed E-state index contributed by atoms with van der Waals surface area (Å²) in [5.41, 5.74) is 6.46. The minimum Gasteiger partial charge on any atom is -0.312 e. The quantitative estimate of drug-likeness (QED) is 0.654. The first-order valence-electron chi connectivity index (χ1n) is 7.35. The Bertz CT molecular complexity index is 690. The van der Waals surface area contributed by atoms with Gasteiger partial charge in [-0.25, -0.2) is 0 Å². The van der Waals surface area contributed by atoms with Crippen LogP contribution in [0.3, 0.4) is 0 Å². The van der Waals surface area contributed by atoms with Gasteiger partial charge in [-0.3, -0.25) is 4.79 Å². The smallest absolute Gasteiger partial charge is 0.226 e. The maximum atomic E-state index is 12.2. The molecule has 0 atom stereocenters.